The number of carbonyl (C=O) groups excluding carboxylic acids is 1. The van der Waals surface area contributed by atoms with E-state index < -0.39 is 7.12 Å². The number of piperazine rings is 1. The third kappa shape index (κ3) is 4.63. The van der Waals surface area contributed by atoms with Crippen molar-refractivity contribution in [2.45, 2.75) is 19.4 Å². The van der Waals surface area contributed by atoms with E-state index >= 15 is 0 Å². The van der Waals surface area contributed by atoms with Crippen LogP contribution in [0.15, 0.2) is 60.7 Å². The van der Waals surface area contributed by atoms with Gasteiger partial charge in [-0.3, -0.25) is 4.90 Å². The molecular weight excluding hydrogens is 451 g/mol. The van der Waals surface area contributed by atoms with Crippen molar-refractivity contribution in [3.8, 4) is 23.5 Å². The predicted octanol–water partition coefficient (Wildman–Crippen LogP) is 2.72. The van der Waals surface area contributed by atoms with Crippen LogP contribution in [0.1, 0.15) is 33.7 Å². The second kappa shape index (κ2) is 10.2. The maximum absolute atomic E-state index is 12.9. The fourth-order valence-corrected chi connectivity index (χ4v) is 5.28. The van der Waals surface area contributed by atoms with Crippen molar-refractivity contribution in [3.05, 3.63) is 88.5 Å². The van der Waals surface area contributed by atoms with E-state index in [4.69, 9.17) is 11.2 Å². The zero-order valence-electron chi connectivity index (χ0n) is 20.4. The molecule has 1 saturated heterocycles. The Kier molecular flexibility index (Phi) is 6.84. The first-order valence-corrected chi connectivity index (χ1v) is 12.2. The van der Waals surface area contributed by atoms with Crippen molar-refractivity contribution >= 4 is 18.7 Å². The van der Waals surface area contributed by atoms with E-state index in [1.165, 1.54) is 22.3 Å². The first-order valence-electron chi connectivity index (χ1n) is 12.2. The number of nitrogens with zero attached hydrogens (tertiary/aromatic N) is 2. The quantitative estimate of drug-likeness (QED) is 0.434. The smallest absolute Gasteiger partial charge is 0.448 e. The van der Waals surface area contributed by atoms with E-state index in [9.17, 15) is 14.8 Å². The highest BCUT2D eigenvalue weighted by Crippen LogP contribution is 2.44. The van der Waals surface area contributed by atoms with Crippen molar-refractivity contribution < 1.29 is 19.6 Å². The Morgan fingerprint density at radius 3 is 2.22 bits per heavy atom. The first kappa shape index (κ1) is 24.1. The molecule has 3 aromatic carbocycles. The van der Waals surface area contributed by atoms with E-state index in [-0.39, 0.29) is 12.0 Å². The van der Waals surface area contributed by atoms with Crippen molar-refractivity contribution in [3.63, 3.8) is 0 Å². The monoisotopic (exact) mass is 480 g/mol. The molecule has 0 saturated carbocycles. The summed E-state index contributed by atoms with van der Waals surface area (Å²) in [7, 11) is -1.57. The third-order valence-electron chi connectivity index (χ3n) is 7.35. The highest BCUT2D eigenvalue weighted by Gasteiger charge is 2.30. The molecule has 6 nitrogen and oxygen atoms in total. The topological polar surface area (TPSA) is 73.2 Å². The van der Waals surface area contributed by atoms with Gasteiger partial charge in [-0.2, -0.15) is 0 Å². The summed E-state index contributed by atoms with van der Waals surface area (Å²) >= 11 is 0. The predicted molar refractivity (Wildman–Crippen MR) is 141 cm³/mol. The number of benzene rings is 3. The van der Waals surface area contributed by atoms with E-state index in [1.807, 2.05) is 31.2 Å². The van der Waals surface area contributed by atoms with Gasteiger partial charge >= 0.3 is 13.2 Å². The van der Waals surface area contributed by atoms with Gasteiger partial charge in [0.05, 0.1) is 0 Å². The minimum absolute atomic E-state index is 0.0464. The van der Waals surface area contributed by atoms with Gasteiger partial charge in [0.1, 0.15) is 6.61 Å². The summed E-state index contributed by atoms with van der Waals surface area (Å²) in [6, 6.07) is 20.1. The van der Waals surface area contributed by atoms with Gasteiger partial charge in [-0.05, 0) is 51.8 Å². The molecule has 1 fully saturated rings. The number of amides is 1. The molecule has 182 valence electrons. The second-order valence-corrected chi connectivity index (χ2v) is 9.44. The number of carbonyl (C=O) groups is 1. The second-order valence-electron chi connectivity index (χ2n) is 9.44. The molecule has 1 aliphatic heterocycles. The van der Waals surface area contributed by atoms with Crippen LogP contribution in [-0.2, 0) is 11.3 Å². The van der Waals surface area contributed by atoms with Crippen LogP contribution in [0.3, 0.4) is 0 Å². The van der Waals surface area contributed by atoms with Gasteiger partial charge in [0.25, 0.3) is 0 Å². The minimum Gasteiger partial charge on any atom is -0.448 e. The number of rotatable bonds is 5. The summed E-state index contributed by atoms with van der Waals surface area (Å²) < 4.78 is 5.81. The Balaban J connectivity index is 1.19. The fraction of sp³-hybridized carbons (Fsp3) is 0.276. The Morgan fingerprint density at radius 2 is 1.64 bits per heavy atom. The molecule has 0 atom stereocenters. The zero-order chi connectivity index (χ0) is 25.2. The van der Waals surface area contributed by atoms with Crippen molar-refractivity contribution in [2.75, 3.05) is 32.8 Å². The molecule has 2 N–H and O–H groups in total. The van der Waals surface area contributed by atoms with Crippen LogP contribution in [0.5, 0.6) is 0 Å². The van der Waals surface area contributed by atoms with Gasteiger partial charge in [-0.15, -0.1) is 6.42 Å². The molecule has 2 aliphatic rings. The lowest BCUT2D eigenvalue weighted by Gasteiger charge is -2.34. The number of hydrogen-bond acceptors (Lipinski definition) is 5. The maximum Gasteiger partial charge on any atom is 0.488 e. The molecule has 0 bridgehead atoms. The van der Waals surface area contributed by atoms with Crippen LogP contribution in [0, 0.1) is 19.3 Å². The summed E-state index contributed by atoms with van der Waals surface area (Å²) in [5, 5.41) is 19.2. The Morgan fingerprint density at radius 1 is 1.03 bits per heavy atom. The Hall–Kier alpha value is -3.57. The molecule has 1 aliphatic carbocycles. The summed E-state index contributed by atoms with van der Waals surface area (Å²) in [5.74, 6) is 2.68. The summed E-state index contributed by atoms with van der Waals surface area (Å²) in [6.45, 7) is 5.42. The van der Waals surface area contributed by atoms with Gasteiger partial charge < -0.3 is 19.7 Å². The average Bonchev–Trinajstić information content (AvgIpc) is 3.22. The maximum atomic E-state index is 12.9. The molecule has 36 heavy (non-hydrogen) atoms. The molecule has 3 aromatic rings. The zero-order valence-corrected chi connectivity index (χ0v) is 20.4. The lowest BCUT2D eigenvalue weighted by molar-refractivity contribution is 0.0728. The first-order chi connectivity index (χ1) is 17.5. The third-order valence-corrected chi connectivity index (χ3v) is 7.35. The largest absolute Gasteiger partial charge is 0.488 e. The molecule has 5 rings (SSSR count). The molecule has 0 spiro atoms. The highest BCUT2D eigenvalue weighted by atomic mass is 16.6. The van der Waals surface area contributed by atoms with Gasteiger partial charge in [-0.1, -0.05) is 60.5 Å². The van der Waals surface area contributed by atoms with Crippen LogP contribution in [0.4, 0.5) is 4.79 Å². The van der Waals surface area contributed by atoms with Crippen LogP contribution in [0.25, 0.3) is 11.1 Å². The van der Waals surface area contributed by atoms with Gasteiger partial charge in [0, 0.05) is 44.2 Å². The normalized spacial score (nSPS) is 15.2. The number of fused-ring (bicyclic) bond motifs is 3. The Bertz CT molecular complexity index is 1280. The molecule has 1 amide bonds. The Labute approximate surface area is 212 Å². The van der Waals surface area contributed by atoms with Crippen molar-refractivity contribution in [1.29, 1.82) is 0 Å². The standard InChI is InChI=1S/C29H29BN2O4/c1-3-21-16-23(30(34)35)17-22(20(21)2)18-31-12-14-32(15-13-31)29(33)36-19-28-26-10-6-4-8-24(26)25-9-5-7-11-27(25)28/h1,4-11,16-17,28,34-35H,12-15,18-19H2,2H3. The van der Waals surface area contributed by atoms with E-state index in [0.29, 0.717) is 50.4 Å². The average molecular weight is 480 g/mol. The highest BCUT2D eigenvalue weighted by molar-refractivity contribution is 6.58. The molecule has 7 heteroatoms. The fourth-order valence-electron chi connectivity index (χ4n) is 5.28. The van der Waals surface area contributed by atoms with Gasteiger partial charge in [0.15, 0.2) is 0 Å². The molecular formula is C29H29BN2O4. The molecule has 0 radical (unpaired) electrons. The van der Waals surface area contributed by atoms with E-state index in [2.05, 4.69) is 35.1 Å². The number of hydrogen-bond donors (Lipinski definition) is 2. The summed E-state index contributed by atoms with van der Waals surface area (Å²) in [4.78, 5) is 16.9. The lowest BCUT2D eigenvalue weighted by Crippen LogP contribution is -2.48. The SMILES string of the molecule is C#Cc1cc(B(O)O)cc(CN2CCN(C(=O)OCC3c4ccccc4-c4ccccc43)CC2)c1C. The van der Waals surface area contributed by atoms with E-state index in [1.54, 1.807) is 17.0 Å². The van der Waals surface area contributed by atoms with Crippen LogP contribution in [0.2, 0.25) is 0 Å². The summed E-state index contributed by atoms with van der Waals surface area (Å²) in [5.41, 5.74) is 7.80. The van der Waals surface area contributed by atoms with Gasteiger partial charge in [-0.25, -0.2) is 4.79 Å². The van der Waals surface area contributed by atoms with Crippen molar-refractivity contribution in [2.24, 2.45) is 0 Å². The van der Waals surface area contributed by atoms with Crippen LogP contribution in [-0.4, -0.2) is 65.8 Å². The van der Waals surface area contributed by atoms with Gasteiger partial charge in [0.2, 0.25) is 0 Å². The van der Waals surface area contributed by atoms with Crippen molar-refractivity contribution in [1.82, 2.24) is 9.80 Å². The number of terminal acetylenes is 1. The molecule has 0 unspecified atom stereocenters. The minimum atomic E-state index is -1.57. The summed E-state index contributed by atoms with van der Waals surface area (Å²) in [6.07, 6.45) is 5.33. The van der Waals surface area contributed by atoms with E-state index in [0.717, 1.165) is 11.1 Å². The molecule has 0 aromatic heterocycles. The molecule has 1 heterocycles. The van der Waals surface area contributed by atoms with Crippen LogP contribution < -0.4 is 5.46 Å². The lowest BCUT2D eigenvalue weighted by atomic mass is 9.77. The number of ether oxygens (including phenoxy) is 1. The van der Waals surface area contributed by atoms with Crippen LogP contribution >= 0.6 is 0 Å².